The van der Waals surface area contributed by atoms with Gasteiger partial charge in [0, 0.05) is 0 Å². The van der Waals surface area contributed by atoms with Gasteiger partial charge < -0.3 is 19.8 Å². The Morgan fingerprint density at radius 2 is 1.95 bits per heavy atom. The van der Waals surface area contributed by atoms with Crippen LogP contribution in [0.1, 0.15) is 27.7 Å². The van der Waals surface area contributed by atoms with E-state index in [1.807, 2.05) is 6.92 Å². The number of β-amino-alcohol motifs (C(OH)–C–C–N with tert-alkyl or cyclic N) is 1. The van der Waals surface area contributed by atoms with Gasteiger partial charge in [0.2, 0.25) is 0 Å². The Bertz CT molecular complexity index is 465. The number of allylic oxidation sites excluding steroid dienone is 1. The van der Waals surface area contributed by atoms with Crippen LogP contribution in [-0.2, 0) is 4.74 Å². The molecule has 0 radical (unpaired) electrons. The summed E-state index contributed by atoms with van der Waals surface area (Å²) < 4.78 is 5.23. The Kier molecular flexibility index (Phi) is 5.36. The maximum Gasteiger partial charge on any atom is 0.410 e. The molecule has 21 heavy (non-hydrogen) atoms. The second kappa shape index (κ2) is 6.45. The van der Waals surface area contributed by atoms with Gasteiger partial charge in [0.15, 0.2) is 0 Å². The van der Waals surface area contributed by atoms with Crippen molar-refractivity contribution in [3.8, 4) is 0 Å². The maximum absolute atomic E-state index is 11.8. The van der Waals surface area contributed by atoms with Crippen LogP contribution < -0.4 is 0 Å². The molecule has 0 atom stereocenters. The first kappa shape index (κ1) is 17.5. The minimum absolute atomic E-state index is 0.0667. The van der Waals surface area contributed by atoms with Gasteiger partial charge >= 0.3 is 6.09 Å². The monoisotopic (exact) mass is 295 g/mol. The molecule has 1 heterocycles. The highest BCUT2D eigenvalue weighted by molar-refractivity contribution is 5.70. The number of aliphatic hydroxyl groups is 2. The van der Waals surface area contributed by atoms with Gasteiger partial charge in [0.05, 0.1) is 19.7 Å². The highest BCUT2D eigenvalue weighted by Crippen LogP contribution is 2.30. The molecule has 1 aliphatic heterocycles. The molecule has 0 aromatic carbocycles. The van der Waals surface area contributed by atoms with Gasteiger partial charge in [-0.2, -0.15) is 0 Å². The summed E-state index contributed by atoms with van der Waals surface area (Å²) in [5.74, 6) is 0. The maximum atomic E-state index is 11.8. The van der Waals surface area contributed by atoms with Crippen molar-refractivity contribution >= 4 is 6.09 Å². The first-order valence-electron chi connectivity index (χ1n) is 6.95. The molecule has 0 aromatic heterocycles. The molecule has 1 rings (SSSR count). The number of hydrogen-bond acceptors (Lipinski definition) is 4. The van der Waals surface area contributed by atoms with Crippen molar-refractivity contribution < 1.29 is 19.7 Å². The van der Waals surface area contributed by atoms with E-state index < -0.39 is 17.3 Å². The molecular formula is C16H25NO4. The fourth-order valence-electron chi connectivity index (χ4n) is 1.85. The van der Waals surface area contributed by atoms with E-state index in [-0.39, 0.29) is 19.7 Å². The molecule has 0 aliphatic carbocycles. The summed E-state index contributed by atoms with van der Waals surface area (Å²) in [6.45, 7) is 11.3. The number of hydrogen-bond donors (Lipinski definition) is 2. The number of ether oxygens (including phenoxy) is 1. The molecule has 0 unspecified atom stereocenters. The highest BCUT2D eigenvalue weighted by Gasteiger charge is 2.46. The summed E-state index contributed by atoms with van der Waals surface area (Å²) in [7, 11) is 0. The number of nitrogens with zero attached hydrogens (tertiary/aromatic N) is 1. The molecule has 0 bridgehead atoms. The van der Waals surface area contributed by atoms with Gasteiger partial charge in [-0.3, -0.25) is 0 Å². The lowest BCUT2D eigenvalue weighted by Gasteiger charge is -2.46. The fourth-order valence-corrected chi connectivity index (χ4v) is 1.85. The van der Waals surface area contributed by atoms with E-state index in [9.17, 15) is 9.90 Å². The SMILES string of the molecule is C=C(/C=C\C(=C/C)CO)C1(O)CN(C(=O)OC(C)(C)C)C1. The van der Waals surface area contributed by atoms with E-state index in [0.29, 0.717) is 5.57 Å². The van der Waals surface area contributed by atoms with Crippen LogP contribution in [0.25, 0.3) is 0 Å². The Morgan fingerprint density at radius 1 is 1.38 bits per heavy atom. The summed E-state index contributed by atoms with van der Waals surface area (Å²) in [5.41, 5.74) is -0.427. The van der Waals surface area contributed by atoms with Crippen molar-refractivity contribution in [3.63, 3.8) is 0 Å². The second-order valence-electron chi connectivity index (χ2n) is 6.25. The molecule has 5 heteroatoms. The van der Waals surface area contributed by atoms with Crippen molar-refractivity contribution in [2.75, 3.05) is 19.7 Å². The molecule has 5 nitrogen and oxygen atoms in total. The topological polar surface area (TPSA) is 70.0 Å². The molecule has 1 amide bonds. The number of rotatable bonds is 4. The Balaban J connectivity index is 2.57. The summed E-state index contributed by atoms with van der Waals surface area (Å²) in [6, 6.07) is 0. The number of carbonyl (C=O) groups is 1. The summed E-state index contributed by atoms with van der Waals surface area (Å²) in [6.07, 6.45) is 4.71. The standard InChI is InChI=1S/C16H25NO4/c1-6-13(9-18)8-7-12(2)16(20)10-17(11-16)14(19)21-15(3,4)5/h6-8,18,20H,2,9-11H2,1,3-5H3/b8-7-,13-6+. The zero-order valence-electron chi connectivity index (χ0n) is 13.2. The lowest BCUT2D eigenvalue weighted by molar-refractivity contribution is -0.0735. The van der Waals surface area contributed by atoms with Gasteiger partial charge in [-0.05, 0) is 38.8 Å². The van der Waals surface area contributed by atoms with E-state index in [4.69, 9.17) is 9.84 Å². The first-order valence-corrected chi connectivity index (χ1v) is 6.95. The molecule has 1 fully saturated rings. The van der Waals surface area contributed by atoms with Crippen LogP contribution in [0.5, 0.6) is 0 Å². The predicted molar refractivity (Wildman–Crippen MR) is 81.9 cm³/mol. The molecule has 2 N–H and O–H groups in total. The molecule has 0 aromatic rings. The van der Waals surface area contributed by atoms with Crippen molar-refractivity contribution in [2.24, 2.45) is 0 Å². The Morgan fingerprint density at radius 3 is 2.38 bits per heavy atom. The van der Waals surface area contributed by atoms with Crippen LogP contribution in [0.15, 0.2) is 36.0 Å². The minimum atomic E-state index is -1.12. The van der Waals surface area contributed by atoms with Gasteiger partial charge in [-0.1, -0.05) is 24.8 Å². The van der Waals surface area contributed by atoms with Crippen LogP contribution in [0, 0.1) is 0 Å². The zero-order valence-corrected chi connectivity index (χ0v) is 13.2. The first-order chi connectivity index (χ1) is 9.61. The molecule has 0 saturated carbocycles. The zero-order chi connectivity index (χ0) is 16.3. The normalized spacial score (nSPS) is 18.6. The number of carbonyl (C=O) groups excluding carboxylic acids is 1. The fraction of sp³-hybridized carbons (Fsp3) is 0.562. The summed E-state index contributed by atoms with van der Waals surface area (Å²) in [5, 5.41) is 19.4. The minimum Gasteiger partial charge on any atom is -0.444 e. The van der Waals surface area contributed by atoms with E-state index >= 15 is 0 Å². The van der Waals surface area contributed by atoms with Crippen molar-refractivity contribution in [1.29, 1.82) is 0 Å². The highest BCUT2D eigenvalue weighted by atomic mass is 16.6. The third-order valence-corrected chi connectivity index (χ3v) is 3.21. The average molecular weight is 295 g/mol. The van der Waals surface area contributed by atoms with E-state index in [1.54, 1.807) is 39.0 Å². The lowest BCUT2D eigenvalue weighted by Crippen LogP contribution is -2.64. The van der Waals surface area contributed by atoms with E-state index in [2.05, 4.69) is 6.58 Å². The van der Waals surface area contributed by atoms with Gasteiger partial charge in [0.1, 0.15) is 11.2 Å². The van der Waals surface area contributed by atoms with E-state index in [1.165, 1.54) is 4.90 Å². The second-order valence-corrected chi connectivity index (χ2v) is 6.25. The lowest BCUT2D eigenvalue weighted by atomic mass is 9.86. The van der Waals surface area contributed by atoms with Gasteiger partial charge in [-0.15, -0.1) is 0 Å². The van der Waals surface area contributed by atoms with Crippen LogP contribution in [0.4, 0.5) is 4.79 Å². The summed E-state index contributed by atoms with van der Waals surface area (Å²) in [4.78, 5) is 13.3. The van der Waals surface area contributed by atoms with Gasteiger partial charge in [-0.25, -0.2) is 4.79 Å². The third-order valence-electron chi connectivity index (χ3n) is 3.21. The predicted octanol–water partition coefficient (Wildman–Crippen LogP) is 2.02. The third kappa shape index (κ3) is 4.72. The average Bonchev–Trinajstić information content (AvgIpc) is 2.33. The molecule has 118 valence electrons. The molecule has 0 spiro atoms. The van der Waals surface area contributed by atoms with Crippen molar-refractivity contribution in [3.05, 3.63) is 36.0 Å². The van der Waals surface area contributed by atoms with Crippen molar-refractivity contribution in [1.82, 2.24) is 4.90 Å². The number of aliphatic hydroxyl groups excluding tert-OH is 1. The number of amides is 1. The molecular weight excluding hydrogens is 270 g/mol. The van der Waals surface area contributed by atoms with Crippen LogP contribution in [0.3, 0.4) is 0 Å². The smallest absolute Gasteiger partial charge is 0.410 e. The summed E-state index contributed by atoms with van der Waals surface area (Å²) >= 11 is 0. The largest absolute Gasteiger partial charge is 0.444 e. The van der Waals surface area contributed by atoms with Gasteiger partial charge in [0.25, 0.3) is 0 Å². The molecule has 1 saturated heterocycles. The van der Waals surface area contributed by atoms with Crippen LogP contribution in [-0.4, -0.2) is 52.1 Å². The van der Waals surface area contributed by atoms with E-state index in [0.717, 1.165) is 5.57 Å². The quantitative estimate of drug-likeness (QED) is 0.779. The van der Waals surface area contributed by atoms with Crippen LogP contribution in [0.2, 0.25) is 0 Å². The Labute approximate surface area is 126 Å². The molecule has 1 aliphatic rings. The Hall–Kier alpha value is -1.59. The van der Waals surface area contributed by atoms with Crippen molar-refractivity contribution in [2.45, 2.75) is 38.9 Å². The van der Waals surface area contributed by atoms with Crippen LogP contribution >= 0.6 is 0 Å². The number of likely N-dealkylation sites (tertiary alicyclic amines) is 1.